The molecule has 0 amide bonds. The summed E-state index contributed by atoms with van der Waals surface area (Å²) in [6, 6.07) is 7.59. The maximum Gasteiger partial charge on any atom is 0.260 e. The van der Waals surface area contributed by atoms with Crippen LogP contribution in [0.4, 0.5) is 4.39 Å². The Bertz CT molecular complexity index is 1060. The van der Waals surface area contributed by atoms with Crippen LogP contribution < -0.4 is 5.56 Å². The second-order valence-electron chi connectivity index (χ2n) is 4.82. The lowest BCUT2D eigenvalue weighted by atomic mass is 10.2. The van der Waals surface area contributed by atoms with Crippen molar-refractivity contribution in [3.8, 4) is 11.4 Å². The first-order chi connectivity index (χ1) is 11.7. The minimum atomic E-state index is -0.322. The first-order valence-electron chi connectivity index (χ1n) is 6.88. The quantitative estimate of drug-likeness (QED) is 0.443. The molecule has 0 bridgehead atoms. The molecular weight excluding hydrogens is 351 g/mol. The molecule has 0 spiro atoms. The Hall–Kier alpha value is -2.52. The highest BCUT2D eigenvalue weighted by molar-refractivity contribution is 7.98. The average Bonchev–Trinajstić information content (AvgIpc) is 3.23. The molecule has 120 valence electrons. The summed E-state index contributed by atoms with van der Waals surface area (Å²) in [4.78, 5) is 24.0. The van der Waals surface area contributed by atoms with Gasteiger partial charge in [0.1, 0.15) is 10.6 Å². The van der Waals surface area contributed by atoms with Crippen LogP contribution in [0.5, 0.6) is 0 Å². The summed E-state index contributed by atoms with van der Waals surface area (Å²) < 4.78 is 18.1. The number of hydrogen-bond acceptors (Lipinski definition) is 7. The topological polar surface area (TPSA) is 84.7 Å². The zero-order valence-corrected chi connectivity index (χ0v) is 13.7. The minimum absolute atomic E-state index is 0.165. The fourth-order valence-electron chi connectivity index (χ4n) is 2.07. The van der Waals surface area contributed by atoms with E-state index in [0.29, 0.717) is 38.4 Å². The molecule has 9 heteroatoms. The van der Waals surface area contributed by atoms with Crippen LogP contribution in [0.2, 0.25) is 0 Å². The number of fused-ring (bicyclic) bond motifs is 1. The van der Waals surface area contributed by atoms with E-state index in [1.165, 1.54) is 35.2 Å². The molecule has 0 aliphatic heterocycles. The van der Waals surface area contributed by atoms with E-state index in [9.17, 15) is 9.18 Å². The lowest BCUT2D eigenvalue weighted by molar-refractivity contribution is 0.391. The number of thioether (sulfide) groups is 1. The Morgan fingerprint density at radius 3 is 2.88 bits per heavy atom. The van der Waals surface area contributed by atoms with Crippen molar-refractivity contribution in [2.24, 2.45) is 0 Å². The Morgan fingerprint density at radius 2 is 2.04 bits per heavy atom. The fraction of sp³-hybridized carbons (Fsp3) is 0.0667. The van der Waals surface area contributed by atoms with Crippen LogP contribution in [0.1, 0.15) is 5.89 Å². The van der Waals surface area contributed by atoms with Crippen molar-refractivity contribution in [1.29, 1.82) is 0 Å². The zero-order valence-electron chi connectivity index (χ0n) is 12.0. The molecule has 6 nitrogen and oxygen atoms in total. The van der Waals surface area contributed by atoms with Crippen molar-refractivity contribution in [3.05, 3.63) is 57.8 Å². The third kappa shape index (κ3) is 2.95. The van der Waals surface area contributed by atoms with Crippen molar-refractivity contribution < 1.29 is 8.91 Å². The SMILES string of the molecule is O=c1[nH]c(SCc2nc(-c3ccc(F)cc3)no2)nc2sccc12. The van der Waals surface area contributed by atoms with Crippen LogP contribution in [-0.2, 0) is 5.75 Å². The van der Waals surface area contributed by atoms with Gasteiger partial charge in [0.15, 0.2) is 5.16 Å². The van der Waals surface area contributed by atoms with Gasteiger partial charge in [0.25, 0.3) is 5.56 Å². The summed E-state index contributed by atoms with van der Waals surface area (Å²) in [6.45, 7) is 0. The minimum Gasteiger partial charge on any atom is -0.338 e. The number of hydrogen-bond donors (Lipinski definition) is 1. The number of nitrogens with zero attached hydrogens (tertiary/aromatic N) is 3. The highest BCUT2D eigenvalue weighted by atomic mass is 32.2. The van der Waals surface area contributed by atoms with Gasteiger partial charge in [-0.15, -0.1) is 11.3 Å². The first-order valence-corrected chi connectivity index (χ1v) is 8.74. The van der Waals surface area contributed by atoms with Gasteiger partial charge in [0.2, 0.25) is 11.7 Å². The van der Waals surface area contributed by atoms with Crippen molar-refractivity contribution >= 4 is 33.3 Å². The second-order valence-corrected chi connectivity index (χ2v) is 6.68. The van der Waals surface area contributed by atoms with E-state index in [2.05, 4.69) is 20.1 Å². The summed E-state index contributed by atoms with van der Waals surface area (Å²) in [6.07, 6.45) is 0. The van der Waals surface area contributed by atoms with Crippen LogP contribution in [-0.4, -0.2) is 20.1 Å². The molecule has 3 aromatic heterocycles. The molecule has 0 saturated heterocycles. The largest absolute Gasteiger partial charge is 0.338 e. The van der Waals surface area contributed by atoms with Crippen molar-refractivity contribution in [2.75, 3.05) is 0 Å². The molecule has 3 heterocycles. The van der Waals surface area contributed by atoms with E-state index in [1.54, 1.807) is 18.2 Å². The number of halogens is 1. The molecule has 0 radical (unpaired) electrons. The van der Waals surface area contributed by atoms with Gasteiger partial charge < -0.3 is 9.51 Å². The van der Waals surface area contributed by atoms with Crippen LogP contribution in [0, 0.1) is 5.82 Å². The molecule has 0 aliphatic carbocycles. The predicted molar refractivity (Wildman–Crippen MR) is 89.5 cm³/mol. The third-order valence-corrected chi connectivity index (χ3v) is 4.88. The molecule has 4 rings (SSSR count). The summed E-state index contributed by atoms with van der Waals surface area (Å²) in [7, 11) is 0. The van der Waals surface area contributed by atoms with Gasteiger partial charge >= 0.3 is 0 Å². The summed E-state index contributed by atoms with van der Waals surface area (Å²) in [5, 5.41) is 6.78. The predicted octanol–water partition coefficient (Wildman–Crippen LogP) is 3.47. The Morgan fingerprint density at radius 1 is 1.21 bits per heavy atom. The van der Waals surface area contributed by atoms with Crippen LogP contribution in [0.15, 0.2) is 50.2 Å². The Kier molecular flexibility index (Phi) is 3.87. The fourth-order valence-corrected chi connectivity index (χ4v) is 3.59. The van der Waals surface area contributed by atoms with Crippen molar-refractivity contribution in [2.45, 2.75) is 10.9 Å². The van der Waals surface area contributed by atoms with E-state index in [1.807, 2.05) is 5.38 Å². The van der Waals surface area contributed by atoms with Gasteiger partial charge in [-0.05, 0) is 35.7 Å². The summed E-state index contributed by atoms with van der Waals surface area (Å²) in [5.41, 5.74) is 0.504. The number of nitrogens with one attached hydrogen (secondary N) is 1. The second kappa shape index (κ2) is 6.17. The number of benzene rings is 1. The number of aromatic amines is 1. The lowest BCUT2D eigenvalue weighted by Gasteiger charge is -1.97. The normalized spacial score (nSPS) is 11.2. The van der Waals surface area contributed by atoms with E-state index in [4.69, 9.17) is 4.52 Å². The van der Waals surface area contributed by atoms with Gasteiger partial charge in [-0.1, -0.05) is 16.9 Å². The average molecular weight is 360 g/mol. The van der Waals surface area contributed by atoms with Crippen LogP contribution in [0.25, 0.3) is 21.6 Å². The highest BCUT2D eigenvalue weighted by Gasteiger charge is 2.11. The molecule has 1 aromatic carbocycles. The monoisotopic (exact) mass is 360 g/mol. The van der Waals surface area contributed by atoms with Crippen LogP contribution in [0.3, 0.4) is 0 Å². The molecule has 0 fully saturated rings. The molecule has 0 unspecified atom stereocenters. The Balaban J connectivity index is 1.51. The van der Waals surface area contributed by atoms with E-state index >= 15 is 0 Å². The van der Waals surface area contributed by atoms with Gasteiger partial charge in [-0.25, -0.2) is 9.37 Å². The van der Waals surface area contributed by atoms with Crippen LogP contribution >= 0.6 is 23.1 Å². The van der Waals surface area contributed by atoms with E-state index in [0.717, 1.165) is 0 Å². The lowest BCUT2D eigenvalue weighted by Crippen LogP contribution is -2.07. The third-order valence-electron chi connectivity index (χ3n) is 3.22. The van der Waals surface area contributed by atoms with Gasteiger partial charge in [-0.2, -0.15) is 4.98 Å². The van der Waals surface area contributed by atoms with Crippen molar-refractivity contribution in [1.82, 2.24) is 20.1 Å². The van der Waals surface area contributed by atoms with Gasteiger partial charge in [0.05, 0.1) is 11.1 Å². The maximum absolute atomic E-state index is 12.9. The molecule has 24 heavy (non-hydrogen) atoms. The van der Waals surface area contributed by atoms with Gasteiger partial charge in [-0.3, -0.25) is 4.79 Å². The maximum atomic E-state index is 12.9. The molecule has 0 saturated carbocycles. The smallest absolute Gasteiger partial charge is 0.260 e. The van der Waals surface area contributed by atoms with Gasteiger partial charge in [0, 0.05) is 5.56 Å². The standard InChI is InChI=1S/C15H9FN4O2S2/c16-9-3-1-8(2-4-9)12-17-11(22-20-12)7-24-15-18-13(21)10-5-6-23-14(10)19-15/h1-6H,7H2,(H,18,19,21). The molecule has 1 N–H and O–H groups in total. The Labute approximate surface area is 142 Å². The zero-order chi connectivity index (χ0) is 16.5. The molecule has 0 atom stereocenters. The summed E-state index contributed by atoms with van der Waals surface area (Å²) >= 11 is 2.71. The van der Waals surface area contributed by atoms with E-state index < -0.39 is 0 Å². The van der Waals surface area contributed by atoms with Crippen molar-refractivity contribution in [3.63, 3.8) is 0 Å². The van der Waals surface area contributed by atoms with E-state index in [-0.39, 0.29) is 11.4 Å². The number of aromatic nitrogens is 4. The summed E-state index contributed by atoms with van der Waals surface area (Å²) in [5.74, 6) is 0.833. The first kappa shape index (κ1) is 15.0. The molecular formula is C15H9FN4O2S2. The molecule has 4 aromatic rings. The number of H-pyrrole nitrogens is 1. The number of thiophene rings is 1. The molecule has 0 aliphatic rings. The highest BCUT2D eigenvalue weighted by Crippen LogP contribution is 2.23. The number of rotatable bonds is 4.